The van der Waals surface area contributed by atoms with Crippen molar-refractivity contribution in [3.05, 3.63) is 35.9 Å². The van der Waals surface area contributed by atoms with E-state index in [-0.39, 0.29) is 5.75 Å². The van der Waals surface area contributed by atoms with Crippen LogP contribution in [0.1, 0.15) is 32.3 Å². The highest BCUT2D eigenvalue weighted by molar-refractivity contribution is 7.89. The summed E-state index contributed by atoms with van der Waals surface area (Å²) in [7, 11) is -1.51. The van der Waals surface area contributed by atoms with Crippen LogP contribution < -0.4 is 10.6 Å². The number of benzene rings is 1. The smallest absolute Gasteiger partial charge is 0.215 e. The molecule has 1 saturated heterocycles. The SMILES string of the molecule is CCN(CC)S(=O)(=O)CCNC(=NC)NCC1CCCN1Cc1ccccc1. The Bertz CT molecular complexity index is 705. The minimum atomic E-state index is -3.22. The predicted octanol–water partition coefficient (Wildman–Crippen LogP) is 1.49. The van der Waals surface area contributed by atoms with Crippen LogP contribution in [-0.2, 0) is 16.6 Å². The van der Waals surface area contributed by atoms with Crippen LogP contribution in [0.2, 0.25) is 0 Å². The average molecular weight is 410 g/mol. The third-order valence-electron chi connectivity index (χ3n) is 5.21. The fourth-order valence-corrected chi connectivity index (χ4v) is 5.04. The number of likely N-dealkylation sites (tertiary alicyclic amines) is 1. The molecule has 1 aromatic rings. The number of guanidine groups is 1. The topological polar surface area (TPSA) is 77.0 Å². The number of sulfonamides is 1. The molecule has 0 aromatic heterocycles. The average Bonchev–Trinajstić information content (AvgIpc) is 3.13. The second-order valence-corrected chi connectivity index (χ2v) is 9.12. The minimum absolute atomic E-state index is 0.0684. The second-order valence-electron chi connectivity index (χ2n) is 7.03. The number of nitrogens with one attached hydrogen (secondary N) is 2. The van der Waals surface area contributed by atoms with Crippen LogP contribution in [0.4, 0.5) is 0 Å². The molecule has 0 saturated carbocycles. The second kappa shape index (κ2) is 11.4. The Morgan fingerprint density at radius 1 is 1.21 bits per heavy atom. The molecule has 158 valence electrons. The van der Waals surface area contributed by atoms with Gasteiger partial charge in [0, 0.05) is 45.8 Å². The molecule has 1 fully saturated rings. The predicted molar refractivity (Wildman–Crippen MR) is 116 cm³/mol. The molecule has 1 heterocycles. The quantitative estimate of drug-likeness (QED) is 0.452. The molecule has 1 aromatic carbocycles. The summed E-state index contributed by atoms with van der Waals surface area (Å²) in [5.41, 5.74) is 1.33. The Morgan fingerprint density at radius 3 is 2.57 bits per heavy atom. The molecule has 2 N–H and O–H groups in total. The zero-order chi connectivity index (χ0) is 20.4. The first-order valence-corrected chi connectivity index (χ1v) is 11.8. The van der Waals surface area contributed by atoms with Gasteiger partial charge in [-0.25, -0.2) is 12.7 Å². The van der Waals surface area contributed by atoms with Gasteiger partial charge in [0.2, 0.25) is 10.0 Å². The number of nitrogens with zero attached hydrogens (tertiary/aromatic N) is 3. The van der Waals surface area contributed by atoms with Crippen molar-refractivity contribution < 1.29 is 8.42 Å². The standard InChI is InChI=1S/C20H35N5O2S/c1-4-25(5-2)28(26,27)15-13-22-20(21-3)23-16-19-12-9-14-24(19)17-18-10-7-6-8-11-18/h6-8,10-11,19H,4-5,9,12-17H2,1-3H3,(H2,21,22,23). The molecule has 28 heavy (non-hydrogen) atoms. The molecule has 0 aliphatic carbocycles. The molecule has 8 heteroatoms. The summed E-state index contributed by atoms with van der Waals surface area (Å²) in [6, 6.07) is 11.0. The number of aliphatic imine (C=N–C) groups is 1. The van der Waals surface area contributed by atoms with E-state index in [0.29, 0.717) is 31.6 Å². The van der Waals surface area contributed by atoms with Gasteiger partial charge in [-0.2, -0.15) is 0 Å². The van der Waals surface area contributed by atoms with Crippen molar-refractivity contribution >= 4 is 16.0 Å². The van der Waals surface area contributed by atoms with Crippen molar-refractivity contribution in [1.29, 1.82) is 0 Å². The van der Waals surface area contributed by atoms with E-state index in [1.54, 1.807) is 7.05 Å². The van der Waals surface area contributed by atoms with Crippen LogP contribution in [0.15, 0.2) is 35.3 Å². The van der Waals surface area contributed by atoms with Crippen LogP contribution in [-0.4, -0.2) is 75.1 Å². The first-order chi connectivity index (χ1) is 13.5. The molecule has 0 spiro atoms. The van der Waals surface area contributed by atoms with E-state index in [1.165, 1.54) is 16.3 Å². The summed E-state index contributed by atoms with van der Waals surface area (Å²) >= 11 is 0. The van der Waals surface area contributed by atoms with Crippen molar-refractivity contribution in [2.75, 3.05) is 45.5 Å². The molecule has 2 rings (SSSR count). The molecule has 1 atom stereocenters. The summed E-state index contributed by atoms with van der Waals surface area (Å²) in [6.07, 6.45) is 2.36. The van der Waals surface area contributed by atoms with Gasteiger partial charge in [0.05, 0.1) is 5.75 Å². The largest absolute Gasteiger partial charge is 0.355 e. The maximum atomic E-state index is 12.3. The Balaban J connectivity index is 1.78. The van der Waals surface area contributed by atoms with E-state index >= 15 is 0 Å². The van der Waals surface area contributed by atoms with Crippen LogP contribution in [0.5, 0.6) is 0 Å². The zero-order valence-corrected chi connectivity index (χ0v) is 18.2. The van der Waals surface area contributed by atoms with Gasteiger partial charge < -0.3 is 10.6 Å². The molecule has 0 amide bonds. The summed E-state index contributed by atoms with van der Waals surface area (Å²) in [4.78, 5) is 6.73. The normalized spacial score (nSPS) is 18.6. The maximum absolute atomic E-state index is 12.3. The Kier molecular flexibility index (Phi) is 9.21. The van der Waals surface area contributed by atoms with Crippen molar-refractivity contribution in [3.63, 3.8) is 0 Å². The van der Waals surface area contributed by atoms with Crippen LogP contribution in [0.3, 0.4) is 0 Å². The first kappa shape index (κ1) is 22.6. The van der Waals surface area contributed by atoms with Crippen molar-refractivity contribution in [2.24, 2.45) is 4.99 Å². The molecule has 1 aliphatic rings. The Morgan fingerprint density at radius 2 is 1.93 bits per heavy atom. The van der Waals surface area contributed by atoms with Gasteiger partial charge in [-0.05, 0) is 24.9 Å². The molecule has 1 aliphatic heterocycles. The highest BCUT2D eigenvalue weighted by Gasteiger charge is 2.24. The molecular weight excluding hydrogens is 374 g/mol. The van der Waals surface area contributed by atoms with Gasteiger partial charge in [0.25, 0.3) is 0 Å². The zero-order valence-electron chi connectivity index (χ0n) is 17.4. The van der Waals surface area contributed by atoms with E-state index in [0.717, 1.165) is 26.1 Å². The van der Waals surface area contributed by atoms with E-state index in [9.17, 15) is 8.42 Å². The fourth-order valence-electron chi connectivity index (χ4n) is 3.63. The lowest BCUT2D eigenvalue weighted by Gasteiger charge is -2.25. The first-order valence-electron chi connectivity index (χ1n) is 10.2. The molecular formula is C20H35N5O2S. The molecule has 0 radical (unpaired) electrons. The van der Waals surface area contributed by atoms with Crippen LogP contribution in [0.25, 0.3) is 0 Å². The van der Waals surface area contributed by atoms with Crippen LogP contribution in [0, 0.1) is 0 Å². The van der Waals surface area contributed by atoms with E-state index in [1.807, 2.05) is 19.9 Å². The monoisotopic (exact) mass is 409 g/mol. The van der Waals surface area contributed by atoms with Gasteiger partial charge in [-0.3, -0.25) is 9.89 Å². The van der Waals surface area contributed by atoms with E-state index in [2.05, 4.69) is 44.8 Å². The van der Waals surface area contributed by atoms with Gasteiger partial charge >= 0.3 is 0 Å². The molecule has 7 nitrogen and oxygen atoms in total. The van der Waals surface area contributed by atoms with Gasteiger partial charge in [-0.15, -0.1) is 0 Å². The van der Waals surface area contributed by atoms with Gasteiger partial charge in [0.15, 0.2) is 5.96 Å². The lowest BCUT2D eigenvalue weighted by Crippen LogP contribution is -2.46. The molecule has 1 unspecified atom stereocenters. The lowest BCUT2D eigenvalue weighted by atomic mass is 10.2. The van der Waals surface area contributed by atoms with E-state index < -0.39 is 10.0 Å². The highest BCUT2D eigenvalue weighted by atomic mass is 32.2. The van der Waals surface area contributed by atoms with Gasteiger partial charge in [0.1, 0.15) is 0 Å². The van der Waals surface area contributed by atoms with Crippen molar-refractivity contribution in [3.8, 4) is 0 Å². The maximum Gasteiger partial charge on any atom is 0.215 e. The summed E-state index contributed by atoms with van der Waals surface area (Å²) in [6.45, 7) is 7.94. The number of rotatable bonds is 10. The highest BCUT2D eigenvalue weighted by Crippen LogP contribution is 2.19. The van der Waals surface area contributed by atoms with Gasteiger partial charge in [-0.1, -0.05) is 44.2 Å². The molecule has 0 bridgehead atoms. The Labute approximate surface area is 170 Å². The third-order valence-corrected chi connectivity index (χ3v) is 7.23. The van der Waals surface area contributed by atoms with E-state index in [4.69, 9.17) is 0 Å². The summed E-state index contributed by atoms with van der Waals surface area (Å²) in [5, 5.41) is 6.49. The minimum Gasteiger partial charge on any atom is -0.355 e. The third kappa shape index (κ3) is 6.76. The lowest BCUT2D eigenvalue weighted by molar-refractivity contribution is 0.245. The number of hydrogen-bond acceptors (Lipinski definition) is 4. The Hall–Kier alpha value is -1.64. The summed E-state index contributed by atoms with van der Waals surface area (Å²) in [5.74, 6) is 0.722. The van der Waals surface area contributed by atoms with Crippen LogP contribution >= 0.6 is 0 Å². The summed E-state index contributed by atoms with van der Waals surface area (Å²) < 4.78 is 26.0. The van der Waals surface area contributed by atoms with Crippen molar-refractivity contribution in [1.82, 2.24) is 19.8 Å². The van der Waals surface area contributed by atoms with Crippen molar-refractivity contribution in [2.45, 2.75) is 39.3 Å². The number of hydrogen-bond donors (Lipinski definition) is 2. The fraction of sp³-hybridized carbons (Fsp3) is 0.650.